The second kappa shape index (κ2) is 9.14. The molecule has 4 rings (SSSR count). The lowest BCUT2D eigenvalue weighted by Crippen LogP contribution is -2.34. The Morgan fingerprint density at radius 3 is 2.50 bits per heavy atom. The Labute approximate surface area is 202 Å². The molecular weight excluding hydrogens is 448 g/mol. The van der Waals surface area contributed by atoms with Gasteiger partial charge >= 0.3 is 6.09 Å². The molecule has 178 valence electrons. The fourth-order valence-electron chi connectivity index (χ4n) is 4.27. The molecule has 7 heteroatoms. The summed E-state index contributed by atoms with van der Waals surface area (Å²) in [6, 6.07) is 11.9. The monoisotopic (exact) mass is 478 g/mol. The average molecular weight is 479 g/mol. The number of carbonyl (C=O) groups excluding carboxylic acids is 1. The lowest BCUT2D eigenvalue weighted by Gasteiger charge is -2.23. The Morgan fingerprint density at radius 2 is 1.88 bits per heavy atom. The highest BCUT2D eigenvalue weighted by atomic mass is 32.1. The number of alkyl carbamates (subject to hydrolysis) is 1. The summed E-state index contributed by atoms with van der Waals surface area (Å²) in [5.41, 5.74) is 4.02. The van der Waals surface area contributed by atoms with Gasteiger partial charge in [-0.2, -0.15) is 0 Å². The molecule has 1 atom stereocenters. The molecule has 1 amide bonds. The molecule has 0 radical (unpaired) electrons. The number of nitrogens with one attached hydrogen (secondary N) is 2. The van der Waals surface area contributed by atoms with Crippen LogP contribution in [0.25, 0.3) is 32.1 Å². The minimum Gasteiger partial charge on any atom is -0.496 e. The summed E-state index contributed by atoms with van der Waals surface area (Å²) in [6.45, 7) is 9.54. The van der Waals surface area contributed by atoms with E-state index in [2.05, 4.69) is 10.3 Å². The highest BCUT2D eigenvalue weighted by molar-refractivity contribution is 7.17. The molecule has 0 bridgehead atoms. The summed E-state index contributed by atoms with van der Waals surface area (Å²) in [5.74, 6) is 0.747. The van der Waals surface area contributed by atoms with E-state index in [1.54, 1.807) is 7.11 Å². The quantitative estimate of drug-likeness (QED) is 0.334. The Kier molecular flexibility index (Phi) is 6.41. The standard InChI is InChI=1S/C27H30N2O4S/c1-7-19(28-26(31)33-27(3,4)5)16-8-10-17(11-9-16)21-20(32-6)14-15(2)23-22(21)18-12-13-34-24(18)25(30)29-23/h8-14,19H,7H2,1-6H3,(H,28,31)(H,29,30). The van der Waals surface area contributed by atoms with Crippen LogP contribution in [0.15, 0.2) is 46.6 Å². The molecule has 0 saturated heterocycles. The summed E-state index contributed by atoms with van der Waals surface area (Å²) in [7, 11) is 1.66. The van der Waals surface area contributed by atoms with E-state index in [9.17, 15) is 9.59 Å². The van der Waals surface area contributed by atoms with Crippen LogP contribution >= 0.6 is 11.3 Å². The van der Waals surface area contributed by atoms with Gasteiger partial charge in [0, 0.05) is 16.3 Å². The number of benzene rings is 2. The molecule has 1 unspecified atom stereocenters. The van der Waals surface area contributed by atoms with Crippen molar-refractivity contribution in [3.63, 3.8) is 0 Å². The summed E-state index contributed by atoms with van der Waals surface area (Å²) >= 11 is 1.43. The van der Waals surface area contributed by atoms with E-state index in [-0.39, 0.29) is 11.6 Å². The maximum Gasteiger partial charge on any atom is 0.408 e. The Balaban J connectivity index is 1.80. The zero-order valence-corrected chi connectivity index (χ0v) is 21.2. The van der Waals surface area contributed by atoms with Crippen LogP contribution in [0.5, 0.6) is 5.75 Å². The van der Waals surface area contributed by atoms with Crippen molar-refractivity contribution >= 4 is 38.4 Å². The van der Waals surface area contributed by atoms with Crippen molar-refractivity contribution in [3.05, 3.63) is 63.3 Å². The predicted octanol–water partition coefficient (Wildman–Crippen LogP) is 6.70. The van der Waals surface area contributed by atoms with Crippen LogP contribution in [-0.4, -0.2) is 23.8 Å². The minimum absolute atomic E-state index is 0.0777. The van der Waals surface area contributed by atoms with Crippen molar-refractivity contribution < 1.29 is 14.3 Å². The lowest BCUT2D eigenvalue weighted by molar-refractivity contribution is 0.0502. The number of ether oxygens (including phenoxy) is 2. The molecule has 0 fully saturated rings. The molecular formula is C27H30N2O4S. The maximum atomic E-state index is 12.6. The highest BCUT2D eigenvalue weighted by Gasteiger charge is 2.21. The van der Waals surface area contributed by atoms with Crippen molar-refractivity contribution in [2.24, 2.45) is 0 Å². The molecule has 4 aromatic rings. The SMILES string of the molecule is CCC(NC(=O)OC(C)(C)C)c1ccc(-c2c(OC)cc(C)c3[nH]c(=O)c4sccc4c23)cc1. The van der Waals surface area contributed by atoms with Gasteiger partial charge in [0.15, 0.2) is 0 Å². The number of H-pyrrole nitrogens is 1. The van der Waals surface area contributed by atoms with Gasteiger partial charge in [-0.15, -0.1) is 11.3 Å². The zero-order chi connectivity index (χ0) is 24.6. The van der Waals surface area contributed by atoms with Crippen LogP contribution in [-0.2, 0) is 4.74 Å². The van der Waals surface area contributed by atoms with Crippen molar-refractivity contribution in [1.82, 2.24) is 10.3 Å². The van der Waals surface area contributed by atoms with E-state index in [1.807, 2.05) is 76.4 Å². The summed E-state index contributed by atoms with van der Waals surface area (Å²) in [6.07, 6.45) is 0.296. The normalized spacial score (nSPS) is 12.6. The largest absolute Gasteiger partial charge is 0.496 e. The number of thiophene rings is 1. The molecule has 2 heterocycles. The molecule has 0 aliphatic heterocycles. The van der Waals surface area contributed by atoms with E-state index in [1.165, 1.54) is 11.3 Å². The van der Waals surface area contributed by atoms with Gasteiger partial charge in [-0.05, 0) is 68.3 Å². The van der Waals surface area contributed by atoms with Gasteiger partial charge < -0.3 is 19.8 Å². The maximum absolute atomic E-state index is 12.6. The minimum atomic E-state index is -0.552. The number of carbonyl (C=O) groups is 1. The number of amides is 1. The van der Waals surface area contributed by atoms with Crippen molar-refractivity contribution in [2.45, 2.75) is 52.7 Å². The van der Waals surface area contributed by atoms with Crippen LogP contribution in [0.3, 0.4) is 0 Å². The molecule has 6 nitrogen and oxygen atoms in total. The fourth-order valence-corrected chi connectivity index (χ4v) is 5.06. The number of pyridine rings is 1. The Bertz CT molecular complexity index is 1410. The smallest absolute Gasteiger partial charge is 0.408 e. The second-order valence-electron chi connectivity index (χ2n) is 9.37. The molecule has 2 N–H and O–H groups in total. The second-order valence-corrected chi connectivity index (χ2v) is 10.3. The van der Waals surface area contributed by atoms with Gasteiger partial charge in [-0.1, -0.05) is 31.2 Å². The van der Waals surface area contributed by atoms with Crippen molar-refractivity contribution in [3.8, 4) is 16.9 Å². The molecule has 0 aliphatic carbocycles. The topological polar surface area (TPSA) is 80.4 Å². The Hall–Kier alpha value is -3.32. The Morgan fingerprint density at radius 1 is 1.18 bits per heavy atom. The van der Waals surface area contributed by atoms with E-state index in [4.69, 9.17) is 9.47 Å². The van der Waals surface area contributed by atoms with Gasteiger partial charge in [-0.25, -0.2) is 4.79 Å². The zero-order valence-electron chi connectivity index (χ0n) is 20.4. The van der Waals surface area contributed by atoms with E-state index in [0.29, 0.717) is 4.70 Å². The number of aromatic amines is 1. The van der Waals surface area contributed by atoms with Crippen LogP contribution in [0.1, 0.15) is 51.3 Å². The van der Waals surface area contributed by atoms with Crippen LogP contribution < -0.4 is 15.6 Å². The fraction of sp³-hybridized carbons (Fsp3) is 0.333. The summed E-state index contributed by atoms with van der Waals surface area (Å²) in [5, 5.41) is 6.79. The number of fused-ring (bicyclic) bond motifs is 3. The van der Waals surface area contributed by atoms with E-state index in [0.717, 1.165) is 50.7 Å². The molecule has 34 heavy (non-hydrogen) atoms. The van der Waals surface area contributed by atoms with Crippen molar-refractivity contribution in [2.75, 3.05) is 7.11 Å². The van der Waals surface area contributed by atoms with E-state index < -0.39 is 11.7 Å². The molecule has 0 spiro atoms. The first kappa shape index (κ1) is 23.8. The lowest BCUT2D eigenvalue weighted by atomic mass is 9.93. The molecule has 2 aromatic carbocycles. The van der Waals surface area contributed by atoms with Gasteiger partial charge in [0.05, 0.1) is 18.7 Å². The van der Waals surface area contributed by atoms with Gasteiger partial charge in [0.1, 0.15) is 16.1 Å². The number of aromatic nitrogens is 1. The average Bonchev–Trinajstić information content (AvgIpc) is 3.28. The first-order valence-electron chi connectivity index (χ1n) is 11.3. The summed E-state index contributed by atoms with van der Waals surface area (Å²) < 4.78 is 11.9. The number of aryl methyl sites for hydroxylation is 1. The first-order valence-corrected chi connectivity index (χ1v) is 12.2. The first-order chi connectivity index (χ1) is 16.1. The third-order valence-corrected chi connectivity index (χ3v) is 6.70. The number of hydrogen-bond acceptors (Lipinski definition) is 5. The molecule has 0 aliphatic rings. The van der Waals surface area contributed by atoms with Crippen LogP contribution in [0.4, 0.5) is 4.79 Å². The van der Waals surface area contributed by atoms with Gasteiger partial charge in [0.2, 0.25) is 0 Å². The predicted molar refractivity (Wildman–Crippen MR) is 139 cm³/mol. The van der Waals surface area contributed by atoms with E-state index >= 15 is 0 Å². The molecule has 2 aromatic heterocycles. The van der Waals surface area contributed by atoms with Crippen molar-refractivity contribution in [1.29, 1.82) is 0 Å². The highest BCUT2D eigenvalue weighted by Crippen LogP contribution is 2.42. The third kappa shape index (κ3) is 4.53. The van der Waals surface area contributed by atoms with Gasteiger partial charge in [-0.3, -0.25) is 4.79 Å². The number of rotatable bonds is 5. The third-order valence-electron chi connectivity index (χ3n) is 5.79. The van der Waals surface area contributed by atoms with Crippen LogP contribution in [0.2, 0.25) is 0 Å². The number of methoxy groups -OCH3 is 1. The summed E-state index contributed by atoms with van der Waals surface area (Å²) in [4.78, 5) is 28.0. The number of hydrogen-bond donors (Lipinski definition) is 2. The van der Waals surface area contributed by atoms with Gasteiger partial charge in [0.25, 0.3) is 5.56 Å². The molecule has 0 saturated carbocycles. The van der Waals surface area contributed by atoms with Crippen LogP contribution in [0, 0.1) is 6.92 Å².